The van der Waals surface area contributed by atoms with E-state index in [9.17, 15) is 14.7 Å². The Bertz CT molecular complexity index is 458. The molecule has 6 heteroatoms. The van der Waals surface area contributed by atoms with Crippen LogP contribution in [-0.4, -0.2) is 32.4 Å². The molecule has 0 aliphatic carbocycles. The second-order valence-corrected chi connectivity index (χ2v) is 4.34. The van der Waals surface area contributed by atoms with Crippen molar-refractivity contribution in [3.63, 3.8) is 0 Å². The van der Waals surface area contributed by atoms with Crippen LogP contribution in [0.25, 0.3) is 0 Å². The number of alkyl halides is 1. The van der Waals surface area contributed by atoms with E-state index in [1.807, 2.05) is 0 Å². The maximum Gasteiger partial charge on any atom is 0.337 e. The summed E-state index contributed by atoms with van der Waals surface area (Å²) < 4.78 is 0. The van der Waals surface area contributed by atoms with Crippen LogP contribution in [0.15, 0.2) is 18.2 Å². The van der Waals surface area contributed by atoms with Crippen LogP contribution in [0.3, 0.4) is 0 Å². The maximum atomic E-state index is 11.3. The molecular weight excluding hydrogens is 304 g/mol. The molecule has 1 atom stereocenters. The van der Waals surface area contributed by atoms with Crippen LogP contribution in [-0.2, 0) is 22.6 Å². The van der Waals surface area contributed by atoms with E-state index in [1.165, 1.54) is 12.1 Å². The lowest BCUT2D eigenvalue weighted by Gasteiger charge is -2.12. The fourth-order valence-corrected chi connectivity index (χ4v) is 1.78. The highest BCUT2D eigenvalue weighted by Crippen LogP contribution is 2.20. The van der Waals surface area contributed by atoms with Crippen LogP contribution in [0.1, 0.15) is 22.8 Å². The van der Waals surface area contributed by atoms with Gasteiger partial charge in [-0.3, -0.25) is 4.79 Å². The van der Waals surface area contributed by atoms with Crippen molar-refractivity contribution in [1.82, 2.24) is 0 Å². The van der Waals surface area contributed by atoms with Crippen LogP contribution in [0.4, 0.5) is 0 Å². The molecule has 0 fully saturated rings. The average molecular weight is 317 g/mol. The Balaban J connectivity index is 3.03. The highest BCUT2D eigenvalue weighted by molar-refractivity contribution is 9.09. The Kier molecular flexibility index (Phi) is 5.46. The Morgan fingerprint density at radius 1 is 1.33 bits per heavy atom. The smallest absolute Gasteiger partial charge is 0.337 e. The minimum absolute atomic E-state index is 0.0228. The van der Waals surface area contributed by atoms with Gasteiger partial charge in [0.15, 0.2) is 6.10 Å². The topological polar surface area (TPSA) is 94.8 Å². The third-order valence-electron chi connectivity index (χ3n) is 2.46. The molecule has 0 aromatic heterocycles. The summed E-state index contributed by atoms with van der Waals surface area (Å²) in [6.07, 6.45) is -1.48. The molecule has 5 nitrogen and oxygen atoms in total. The number of carboxylic acid groups (broad SMARTS) is 1. The SMILES string of the molecule is O=C(CBr)Cc1ccc(C(O)C(=O)O)c(CO)c1. The number of aliphatic carboxylic acids is 1. The van der Waals surface area contributed by atoms with Gasteiger partial charge in [-0.05, 0) is 16.7 Å². The summed E-state index contributed by atoms with van der Waals surface area (Å²) in [5, 5.41) is 27.6. The quantitative estimate of drug-likeness (QED) is 0.675. The summed E-state index contributed by atoms with van der Waals surface area (Å²) in [5.41, 5.74) is 1.12. The summed E-state index contributed by atoms with van der Waals surface area (Å²) in [6, 6.07) is 4.52. The monoisotopic (exact) mass is 316 g/mol. The normalized spacial score (nSPS) is 12.2. The van der Waals surface area contributed by atoms with Crippen LogP contribution in [0.2, 0.25) is 0 Å². The van der Waals surface area contributed by atoms with Gasteiger partial charge < -0.3 is 15.3 Å². The lowest BCUT2D eigenvalue weighted by molar-refractivity contribution is -0.147. The van der Waals surface area contributed by atoms with Crippen molar-refractivity contribution < 1.29 is 24.9 Å². The third-order valence-corrected chi connectivity index (χ3v) is 3.08. The van der Waals surface area contributed by atoms with Crippen LogP contribution < -0.4 is 0 Å². The predicted molar refractivity (Wildman–Crippen MR) is 67.5 cm³/mol. The van der Waals surface area contributed by atoms with Crippen molar-refractivity contribution in [3.8, 4) is 0 Å². The minimum Gasteiger partial charge on any atom is -0.479 e. The number of aliphatic hydroxyl groups excluding tert-OH is 2. The first kappa shape index (κ1) is 14.8. The Morgan fingerprint density at radius 2 is 2.00 bits per heavy atom. The molecule has 1 rings (SSSR count). The zero-order valence-electron chi connectivity index (χ0n) is 9.47. The molecule has 18 heavy (non-hydrogen) atoms. The Morgan fingerprint density at radius 3 is 2.50 bits per heavy atom. The van der Waals surface area contributed by atoms with Crippen molar-refractivity contribution in [1.29, 1.82) is 0 Å². The van der Waals surface area contributed by atoms with E-state index in [4.69, 9.17) is 10.2 Å². The van der Waals surface area contributed by atoms with Crippen molar-refractivity contribution >= 4 is 27.7 Å². The number of carbonyl (C=O) groups is 2. The van der Waals surface area contributed by atoms with Gasteiger partial charge in [-0.25, -0.2) is 4.79 Å². The fourth-order valence-electron chi connectivity index (χ4n) is 1.58. The summed E-state index contributed by atoms with van der Waals surface area (Å²) in [7, 11) is 0. The molecule has 0 radical (unpaired) electrons. The first-order valence-electron chi connectivity index (χ1n) is 5.20. The van der Waals surface area contributed by atoms with Crippen LogP contribution >= 0.6 is 15.9 Å². The molecule has 0 heterocycles. The minimum atomic E-state index is -1.67. The second-order valence-electron chi connectivity index (χ2n) is 3.78. The zero-order chi connectivity index (χ0) is 13.7. The molecule has 98 valence electrons. The summed E-state index contributed by atoms with van der Waals surface area (Å²) in [4.78, 5) is 21.9. The summed E-state index contributed by atoms with van der Waals surface area (Å²) in [6.45, 7) is -0.393. The highest BCUT2D eigenvalue weighted by Gasteiger charge is 2.19. The third kappa shape index (κ3) is 3.63. The molecule has 1 aromatic rings. The number of benzene rings is 1. The number of Topliss-reactive ketones (excluding diaryl/α,β-unsaturated/α-hetero) is 1. The largest absolute Gasteiger partial charge is 0.479 e. The van der Waals surface area contributed by atoms with Gasteiger partial charge in [0.2, 0.25) is 0 Å². The van der Waals surface area contributed by atoms with Gasteiger partial charge in [0.1, 0.15) is 5.78 Å². The second kappa shape index (κ2) is 6.63. The maximum absolute atomic E-state index is 11.3. The molecule has 0 saturated carbocycles. The van der Waals surface area contributed by atoms with Gasteiger partial charge in [-0.15, -0.1) is 0 Å². The Hall–Kier alpha value is -1.24. The van der Waals surface area contributed by atoms with Crippen molar-refractivity contribution in [2.45, 2.75) is 19.1 Å². The number of aliphatic hydroxyl groups is 2. The Labute approximate surface area is 112 Å². The molecule has 0 bridgehead atoms. The van der Waals surface area contributed by atoms with E-state index >= 15 is 0 Å². The highest BCUT2D eigenvalue weighted by atomic mass is 79.9. The molecule has 0 amide bonds. The first-order chi connectivity index (χ1) is 8.49. The van der Waals surface area contributed by atoms with Gasteiger partial charge in [-0.2, -0.15) is 0 Å². The van der Waals surface area contributed by atoms with Gasteiger partial charge in [-0.1, -0.05) is 34.1 Å². The number of carbonyl (C=O) groups excluding carboxylic acids is 1. The number of rotatable bonds is 6. The molecular formula is C12H13BrO5. The van der Waals surface area contributed by atoms with E-state index in [-0.39, 0.29) is 23.1 Å². The fraction of sp³-hybridized carbons (Fsp3) is 0.333. The van der Waals surface area contributed by atoms with Gasteiger partial charge in [0.25, 0.3) is 0 Å². The van der Waals surface area contributed by atoms with Gasteiger partial charge in [0.05, 0.1) is 11.9 Å². The molecule has 3 N–H and O–H groups in total. The zero-order valence-corrected chi connectivity index (χ0v) is 11.1. The standard InChI is InChI=1S/C12H13BrO5/c13-5-9(15)4-7-1-2-10(8(3-7)6-14)11(16)12(17)18/h1-3,11,14,16H,4-6H2,(H,17,18). The van der Waals surface area contributed by atoms with E-state index in [1.54, 1.807) is 6.07 Å². The average Bonchev–Trinajstić information content (AvgIpc) is 2.37. The number of carboxylic acids is 1. The number of hydrogen-bond acceptors (Lipinski definition) is 4. The summed E-state index contributed by atoms with van der Waals surface area (Å²) in [5.74, 6) is -1.40. The van der Waals surface area contributed by atoms with E-state index in [0.29, 0.717) is 11.1 Å². The van der Waals surface area contributed by atoms with E-state index in [2.05, 4.69) is 15.9 Å². The van der Waals surface area contributed by atoms with E-state index in [0.717, 1.165) is 0 Å². The van der Waals surface area contributed by atoms with Crippen molar-refractivity contribution in [3.05, 3.63) is 34.9 Å². The lowest BCUT2D eigenvalue weighted by Crippen LogP contribution is -2.13. The molecule has 1 unspecified atom stereocenters. The van der Waals surface area contributed by atoms with Gasteiger partial charge >= 0.3 is 5.97 Å². The number of halogens is 1. The number of hydrogen-bond donors (Lipinski definition) is 3. The van der Waals surface area contributed by atoms with Crippen molar-refractivity contribution in [2.24, 2.45) is 0 Å². The van der Waals surface area contributed by atoms with Gasteiger partial charge in [0, 0.05) is 6.42 Å². The molecule has 0 saturated heterocycles. The lowest BCUT2D eigenvalue weighted by atomic mass is 9.98. The predicted octanol–water partition coefficient (Wildman–Crippen LogP) is 0.803. The van der Waals surface area contributed by atoms with Crippen LogP contribution in [0, 0.1) is 0 Å². The first-order valence-corrected chi connectivity index (χ1v) is 6.32. The molecule has 0 spiro atoms. The molecule has 0 aliphatic rings. The summed E-state index contributed by atoms with van der Waals surface area (Å²) >= 11 is 3.05. The van der Waals surface area contributed by atoms with Crippen molar-refractivity contribution in [2.75, 3.05) is 5.33 Å². The molecule has 1 aromatic carbocycles. The van der Waals surface area contributed by atoms with Crippen LogP contribution in [0.5, 0.6) is 0 Å². The van der Waals surface area contributed by atoms with E-state index < -0.39 is 18.7 Å². The number of ketones is 1. The molecule has 0 aliphatic heterocycles.